The third kappa shape index (κ3) is 5.32. The van der Waals surface area contributed by atoms with Crippen molar-refractivity contribution in [3.05, 3.63) is 175 Å². The van der Waals surface area contributed by atoms with Crippen LogP contribution in [-0.2, 0) is 0 Å². The minimum absolute atomic E-state index is 0.0571. The average Bonchev–Trinajstić information content (AvgIpc) is 3.26. The Hall–Kier alpha value is -6.45. The lowest BCUT2D eigenvalue weighted by Crippen LogP contribution is -2.00. The fraction of sp³-hybridized carbons (Fsp3) is 0.0217. The number of aromatic nitrogens is 3. The van der Waals surface area contributed by atoms with Crippen molar-refractivity contribution < 1.29 is 12.3 Å². The summed E-state index contributed by atoms with van der Waals surface area (Å²) < 4.78 is 76.2. The first kappa shape index (κ1) is 20.7. The van der Waals surface area contributed by atoms with Gasteiger partial charge in [0.1, 0.15) is 0 Å². The molecule has 0 amide bonds. The highest BCUT2D eigenvalue weighted by atomic mass is 15.0. The molecule has 0 radical (unpaired) electrons. The van der Waals surface area contributed by atoms with E-state index in [0.29, 0.717) is 33.6 Å². The molecule has 1 aromatic heterocycles. The lowest BCUT2D eigenvalue weighted by atomic mass is 9.93. The SMILES string of the molecule is [2H]c1c([2H])c([2H])c(-c2cccc(-c3nc(-c4cccc(-c5c([2H])c([2H])c(C)c([2H])c5[2H])c4)nc(-c4ccc5c6ccccc6c6ccccc6c5c4)n3)c2)c([2H])c1[2H]. The second kappa shape index (κ2) is 12.0. The molecule has 0 aliphatic rings. The van der Waals surface area contributed by atoms with Gasteiger partial charge in [-0.2, -0.15) is 0 Å². The summed E-state index contributed by atoms with van der Waals surface area (Å²) in [7, 11) is 0. The van der Waals surface area contributed by atoms with Crippen LogP contribution in [-0.4, -0.2) is 15.0 Å². The van der Waals surface area contributed by atoms with Crippen molar-refractivity contribution in [2.75, 3.05) is 0 Å². The van der Waals surface area contributed by atoms with Crippen molar-refractivity contribution in [3.63, 3.8) is 0 Å². The first-order valence-electron chi connectivity index (χ1n) is 20.4. The molecule has 0 saturated carbocycles. The fourth-order valence-electron chi connectivity index (χ4n) is 6.35. The van der Waals surface area contributed by atoms with Gasteiger partial charge < -0.3 is 0 Å². The largest absolute Gasteiger partial charge is 0.208 e. The Morgan fingerprint density at radius 3 is 1.31 bits per heavy atom. The topological polar surface area (TPSA) is 38.7 Å². The third-order valence-electron chi connectivity index (χ3n) is 8.71. The predicted octanol–water partition coefficient (Wildman–Crippen LogP) is 12.0. The van der Waals surface area contributed by atoms with E-state index >= 15 is 0 Å². The summed E-state index contributed by atoms with van der Waals surface area (Å²) in [6.07, 6.45) is 0. The van der Waals surface area contributed by atoms with E-state index in [-0.39, 0.29) is 64.6 Å². The van der Waals surface area contributed by atoms with E-state index in [4.69, 9.17) is 27.3 Å². The Kier molecular flexibility index (Phi) is 5.06. The van der Waals surface area contributed by atoms with E-state index in [1.54, 1.807) is 55.5 Å². The second-order valence-corrected chi connectivity index (χ2v) is 11.8. The van der Waals surface area contributed by atoms with Crippen LogP contribution in [0.25, 0.3) is 88.7 Å². The zero-order valence-electron chi connectivity index (χ0n) is 35.3. The Balaban J connectivity index is 1.28. The molecule has 0 aliphatic heterocycles. The molecule has 9 aromatic rings. The van der Waals surface area contributed by atoms with Crippen LogP contribution in [0, 0.1) is 6.92 Å². The standard InChI is InChI=1S/C46H31N3/c1-30-21-23-32(24-22-30)34-14-10-16-36(28-34)45-47-44(35-15-9-13-33(27-35)31-11-3-2-4-12-31)48-46(49-45)37-25-26-42-40-19-6-5-17-38(40)39-18-7-8-20-41(39)43(42)29-37/h2-29H,1H3/i2D,3D,4D,11D,12D,21D,22D,23D,24D. The van der Waals surface area contributed by atoms with Gasteiger partial charge in [-0.25, -0.2) is 15.0 Å². The van der Waals surface area contributed by atoms with E-state index in [9.17, 15) is 0 Å². The highest BCUT2D eigenvalue weighted by Gasteiger charge is 2.16. The first-order valence-corrected chi connectivity index (χ1v) is 15.9. The molecular formula is C46H31N3. The molecule has 49 heavy (non-hydrogen) atoms. The molecule has 0 aliphatic carbocycles. The molecule has 0 unspecified atom stereocenters. The Labute approximate surface area is 297 Å². The van der Waals surface area contributed by atoms with E-state index in [1.807, 2.05) is 30.3 Å². The van der Waals surface area contributed by atoms with Crippen LogP contribution in [0.4, 0.5) is 0 Å². The Morgan fingerprint density at radius 1 is 0.347 bits per heavy atom. The lowest BCUT2D eigenvalue weighted by Gasteiger charge is -2.13. The molecule has 0 saturated heterocycles. The molecule has 0 spiro atoms. The van der Waals surface area contributed by atoms with Gasteiger partial charge in [-0.05, 0) is 79.7 Å². The van der Waals surface area contributed by atoms with Gasteiger partial charge in [-0.1, -0.05) is 157 Å². The number of hydrogen-bond acceptors (Lipinski definition) is 3. The van der Waals surface area contributed by atoms with Gasteiger partial charge in [0.05, 0.1) is 12.3 Å². The predicted molar refractivity (Wildman–Crippen MR) is 204 cm³/mol. The van der Waals surface area contributed by atoms with Crippen molar-refractivity contribution in [1.29, 1.82) is 0 Å². The van der Waals surface area contributed by atoms with Crippen LogP contribution in [0.1, 0.15) is 17.9 Å². The van der Waals surface area contributed by atoms with Crippen molar-refractivity contribution >= 4 is 32.3 Å². The maximum absolute atomic E-state index is 8.72. The van der Waals surface area contributed by atoms with Crippen LogP contribution < -0.4 is 0 Å². The van der Waals surface area contributed by atoms with Crippen LogP contribution in [0.15, 0.2) is 170 Å². The number of fused-ring (bicyclic) bond motifs is 6. The van der Waals surface area contributed by atoms with Gasteiger partial charge >= 0.3 is 0 Å². The first-order chi connectivity index (χ1) is 27.9. The maximum atomic E-state index is 8.72. The van der Waals surface area contributed by atoms with Crippen LogP contribution in [0.3, 0.4) is 0 Å². The molecule has 1 heterocycles. The number of benzene rings is 8. The number of nitrogens with zero attached hydrogens (tertiary/aromatic N) is 3. The number of rotatable bonds is 5. The molecule has 8 aromatic carbocycles. The van der Waals surface area contributed by atoms with E-state index in [2.05, 4.69) is 36.4 Å². The van der Waals surface area contributed by atoms with Gasteiger partial charge in [0, 0.05) is 16.7 Å². The van der Waals surface area contributed by atoms with Gasteiger partial charge in [-0.15, -0.1) is 0 Å². The van der Waals surface area contributed by atoms with Crippen molar-refractivity contribution in [1.82, 2.24) is 15.0 Å². The molecule has 3 heteroatoms. The second-order valence-electron chi connectivity index (χ2n) is 11.8. The van der Waals surface area contributed by atoms with E-state index in [0.717, 1.165) is 32.3 Å². The van der Waals surface area contributed by atoms with Crippen molar-refractivity contribution in [2.24, 2.45) is 0 Å². The molecule has 3 nitrogen and oxygen atoms in total. The summed E-state index contributed by atoms with van der Waals surface area (Å²) in [4.78, 5) is 14.9. The van der Waals surface area contributed by atoms with Gasteiger partial charge in [-0.3, -0.25) is 0 Å². The average molecular weight is 635 g/mol. The highest BCUT2D eigenvalue weighted by molar-refractivity contribution is 6.25. The molecular weight excluding hydrogens is 595 g/mol. The van der Waals surface area contributed by atoms with Crippen LogP contribution in [0.5, 0.6) is 0 Å². The molecule has 0 bridgehead atoms. The summed E-state index contributed by atoms with van der Waals surface area (Å²) in [5.74, 6) is 0.904. The minimum Gasteiger partial charge on any atom is -0.208 e. The lowest BCUT2D eigenvalue weighted by molar-refractivity contribution is 1.07. The summed E-state index contributed by atoms with van der Waals surface area (Å²) in [5.41, 5.74) is 3.12. The molecule has 230 valence electrons. The van der Waals surface area contributed by atoms with E-state index in [1.165, 1.54) is 0 Å². The minimum atomic E-state index is -0.473. The van der Waals surface area contributed by atoms with Crippen molar-refractivity contribution in [3.8, 4) is 56.4 Å². The number of hydrogen-bond donors (Lipinski definition) is 0. The van der Waals surface area contributed by atoms with E-state index < -0.39 is 18.1 Å². The Bertz CT molecular complexity index is 2980. The molecule has 0 atom stereocenters. The highest BCUT2D eigenvalue weighted by Crippen LogP contribution is 2.37. The molecule has 0 N–H and O–H groups in total. The van der Waals surface area contributed by atoms with Gasteiger partial charge in [0.15, 0.2) is 17.5 Å². The monoisotopic (exact) mass is 634 g/mol. The summed E-state index contributed by atoms with van der Waals surface area (Å²) >= 11 is 0. The Morgan fingerprint density at radius 2 is 0.776 bits per heavy atom. The zero-order valence-corrected chi connectivity index (χ0v) is 26.3. The van der Waals surface area contributed by atoms with Crippen molar-refractivity contribution in [2.45, 2.75) is 6.92 Å². The summed E-state index contributed by atoms with van der Waals surface area (Å²) in [6, 6.07) is 34.1. The third-order valence-corrected chi connectivity index (χ3v) is 8.71. The molecule has 0 fully saturated rings. The maximum Gasteiger partial charge on any atom is 0.164 e. The summed E-state index contributed by atoms with van der Waals surface area (Å²) in [6.45, 7) is 1.57. The van der Waals surface area contributed by atoms with Crippen LogP contribution in [0.2, 0.25) is 0 Å². The quantitative estimate of drug-likeness (QED) is 0.177. The van der Waals surface area contributed by atoms with Gasteiger partial charge in [0.2, 0.25) is 0 Å². The zero-order chi connectivity index (χ0) is 40.6. The molecule has 9 rings (SSSR count). The fourth-order valence-corrected chi connectivity index (χ4v) is 6.35. The van der Waals surface area contributed by atoms with Gasteiger partial charge in [0.25, 0.3) is 0 Å². The van der Waals surface area contributed by atoms with Crippen LogP contribution >= 0.6 is 0 Å². The summed E-state index contributed by atoms with van der Waals surface area (Å²) in [5, 5.41) is 6.55. The smallest absolute Gasteiger partial charge is 0.164 e. The normalized spacial score (nSPS) is 13.9.